The molecule has 0 bridgehead atoms. The fraction of sp³-hybridized carbons (Fsp3) is 1.00. The molecule has 0 atom stereocenters. The van der Waals surface area contributed by atoms with Gasteiger partial charge in [0.25, 0.3) is 0 Å². The Morgan fingerprint density at radius 1 is 1.14 bits per heavy atom. The van der Waals surface area contributed by atoms with Crippen LogP contribution in [0, 0.1) is 5.92 Å². The number of methoxy groups -OCH3 is 1. The van der Waals surface area contributed by atoms with E-state index >= 15 is 0 Å². The monoisotopic (exact) mass is 199 g/mol. The zero-order chi connectivity index (χ0) is 10.1. The molecular weight excluding hydrogens is 174 g/mol. The predicted molar refractivity (Wildman–Crippen MR) is 60.6 cm³/mol. The first-order chi connectivity index (χ1) is 6.93. The molecule has 84 valence electrons. The fourth-order valence-corrected chi connectivity index (χ4v) is 2.25. The van der Waals surface area contributed by atoms with Crippen LogP contribution in [0.2, 0.25) is 0 Å². The van der Waals surface area contributed by atoms with Gasteiger partial charge in [-0.1, -0.05) is 32.1 Å². The molecule has 2 nitrogen and oxygen atoms in total. The molecule has 1 fully saturated rings. The summed E-state index contributed by atoms with van der Waals surface area (Å²) in [7, 11) is 1.77. The predicted octanol–water partition coefficient (Wildman–Crippen LogP) is 2.58. The second kappa shape index (κ2) is 8.25. The maximum atomic E-state index is 5.00. The van der Waals surface area contributed by atoms with Gasteiger partial charge in [-0.05, 0) is 31.8 Å². The third-order valence-corrected chi connectivity index (χ3v) is 3.16. The molecule has 1 aliphatic rings. The Morgan fingerprint density at radius 2 is 1.93 bits per heavy atom. The van der Waals surface area contributed by atoms with Gasteiger partial charge in [0.2, 0.25) is 0 Å². The molecule has 0 unspecified atom stereocenters. The molecule has 0 spiro atoms. The molecule has 0 amide bonds. The molecule has 14 heavy (non-hydrogen) atoms. The van der Waals surface area contributed by atoms with E-state index in [4.69, 9.17) is 4.74 Å². The highest BCUT2D eigenvalue weighted by atomic mass is 16.5. The van der Waals surface area contributed by atoms with Crippen LogP contribution in [0.1, 0.15) is 44.9 Å². The molecule has 1 rings (SSSR count). The molecule has 0 aliphatic heterocycles. The van der Waals surface area contributed by atoms with E-state index in [9.17, 15) is 0 Å². The standard InChI is InChI=1S/C12H25NO/c1-14-11-5-9-13-10-8-12-6-3-2-4-7-12/h12-13H,2-11H2,1H3. The Hall–Kier alpha value is -0.0800. The lowest BCUT2D eigenvalue weighted by atomic mass is 9.87. The van der Waals surface area contributed by atoms with E-state index in [1.807, 2.05) is 0 Å². The van der Waals surface area contributed by atoms with Crippen LogP contribution < -0.4 is 5.32 Å². The van der Waals surface area contributed by atoms with E-state index in [0.29, 0.717) is 0 Å². The van der Waals surface area contributed by atoms with Gasteiger partial charge in [-0.25, -0.2) is 0 Å². The second-order valence-corrected chi connectivity index (χ2v) is 4.39. The van der Waals surface area contributed by atoms with E-state index in [1.165, 1.54) is 45.1 Å². The second-order valence-electron chi connectivity index (χ2n) is 4.39. The van der Waals surface area contributed by atoms with E-state index in [2.05, 4.69) is 5.32 Å². The lowest BCUT2D eigenvalue weighted by molar-refractivity contribution is 0.194. The average Bonchev–Trinajstić information content (AvgIpc) is 2.25. The number of rotatable bonds is 7. The number of hydrogen-bond acceptors (Lipinski definition) is 2. The van der Waals surface area contributed by atoms with Gasteiger partial charge in [0.05, 0.1) is 0 Å². The van der Waals surface area contributed by atoms with Crippen LogP contribution in [0.5, 0.6) is 0 Å². The minimum absolute atomic E-state index is 0.885. The Labute approximate surface area is 88.4 Å². The summed E-state index contributed by atoms with van der Waals surface area (Å²) >= 11 is 0. The maximum absolute atomic E-state index is 5.00. The van der Waals surface area contributed by atoms with Crippen LogP contribution in [0.4, 0.5) is 0 Å². The summed E-state index contributed by atoms with van der Waals surface area (Å²) in [6.07, 6.45) is 9.87. The van der Waals surface area contributed by atoms with Crippen molar-refractivity contribution < 1.29 is 4.74 Å². The summed E-state index contributed by atoms with van der Waals surface area (Å²) in [6.45, 7) is 3.20. The van der Waals surface area contributed by atoms with Gasteiger partial charge in [0.15, 0.2) is 0 Å². The molecule has 0 saturated heterocycles. The van der Waals surface area contributed by atoms with E-state index in [1.54, 1.807) is 7.11 Å². The highest BCUT2D eigenvalue weighted by Crippen LogP contribution is 2.25. The van der Waals surface area contributed by atoms with Crippen LogP contribution in [-0.4, -0.2) is 26.8 Å². The van der Waals surface area contributed by atoms with Crippen molar-refractivity contribution in [3.05, 3.63) is 0 Å². The van der Waals surface area contributed by atoms with Crippen LogP contribution in [0.25, 0.3) is 0 Å². The van der Waals surface area contributed by atoms with Gasteiger partial charge in [0.1, 0.15) is 0 Å². The van der Waals surface area contributed by atoms with Crippen molar-refractivity contribution in [1.29, 1.82) is 0 Å². The lowest BCUT2D eigenvalue weighted by Crippen LogP contribution is -2.21. The van der Waals surface area contributed by atoms with Crippen molar-refractivity contribution in [2.45, 2.75) is 44.9 Å². The third kappa shape index (κ3) is 5.61. The maximum Gasteiger partial charge on any atom is 0.0474 e. The minimum atomic E-state index is 0.885. The van der Waals surface area contributed by atoms with Gasteiger partial charge in [-0.15, -0.1) is 0 Å². The molecule has 0 radical (unpaired) electrons. The summed E-state index contributed by atoms with van der Waals surface area (Å²) in [5.74, 6) is 1.01. The Morgan fingerprint density at radius 3 is 2.64 bits per heavy atom. The smallest absolute Gasteiger partial charge is 0.0474 e. The number of hydrogen-bond donors (Lipinski definition) is 1. The lowest BCUT2D eigenvalue weighted by Gasteiger charge is -2.21. The highest BCUT2D eigenvalue weighted by molar-refractivity contribution is 4.66. The van der Waals surface area contributed by atoms with E-state index < -0.39 is 0 Å². The largest absolute Gasteiger partial charge is 0.385 e. The molecule has 1 saturated carbocycles. The Balaban J connectivity index is 1.82. The van der Waals surface area contributed by atoms with Gasteiger partial charge >= 0.3 is 0 Å². The van der Waals surface area contributed by atoms with Crippen molar-refractivity contribution in [2.24, 2.45) is 5.92 Å². The first-order valence-corrected chi connectivity index (χ1v) is 6.13. The van der Waals surface area contributed by atoms with Crippen LogP contribution in [0.15, 0.2) is 0 Å². The van der Waals surface area contributed by atoms with Crippen molar-refractivity contribution in [3.8, 4) is 0 Å². The molecule has 1 N–H and O–H groups in total. The Bertz CT molecular complexity index is 121. The molecule has 0 heterocycles. The number of nitrogens with one attached hydrogen (secondary N) is 1. The average molecular weight is 199 g/mol. The van der Waals surface area contributed by atoms with Crippen molar-refractivity contribution in [3.63, 3.8) is 0 Å². The molecule has 0 aromatic rings. The van der Waals surface area contributed by atoms with Gasteiger partial charge < -0.3 is 10.1 Å². The summed E-state index contributed by atoms with van der Waals surface area (Å²) < 4.78 is 5.00. The highest BCUT2D eigenvalue weighted by Gasteiger charge is 2.12. The van der Waals surface area contributed by atoms with Gasteiger partial charge in [-0.2, -0.15) is 0 Å². The SMILES string of the molecule is COCCCNCCC1CCCCC1. The molecule has 1 aliphatic carbocycles. The zero-order valence-electron chi connectivity index (χ0n) is 9.56. The van der Waals surface area contributed by atoms with E-state index in [0.717, 1.165) is 25.5 Å². The van der Waals surface area contributed by atoms with E-state index in [-0.39, 0.29) is 0 Å². The topological polar surface area (TPSA) is 21.3 Å². The summed E-state index contributed by atoms with van der Waals surface area (Å²) in [5.41, 5.74) is 0. The summed E-state index contributed by atoms with van der Waals surface area (Å²) in [5, 5.41) is 3.49. The normalized spacial score (nSPS) is 18.6. The molecule has 2 heteroatoms. The fourth-order valence-electron chi connectivity index (χ4n) is 2.25. The van der Waals surface area contributed by atoms with Crippen LogP contribution in [-0.2, 0) is 4.74 Å². The molecule has 0 aromatic heterocycles. The van der Waals surface area contributed by atoms with Crippen LogP contribution in [0.3, 0.4) is 0 Å². The van der Waals surface area contributed by atoms with Gasteiger partial charge in [-0.3, -0.25) is 0 Å². The van der Waals surface area contributed by atoms with Crippen molar-refractivity contribution in [1.82, 2.24) is 5.32 Å². The first-order valence-electron chi connectivity index (χ1n) is 6.13. The summed E-state index contributed by atoms with van der Waals surface area (Å²) in [6, 6.07) is 0. The van der Waals surface area contributed by atoms with Crippen molar-refractivity contribution >= 4 is 0 Å². The zero-order valence-corrected chi connectivity index (χ0v) is 9.56. The summed E-state index contributed by atoms with van der Waals surface area (Å²) in [4.78, 5) is 0. The molecule has 0 aromatic carbocycles. The third-order valence-electron chi connectivity index (χ3n) is 3.16. The number of ether oxygens (including phenoxy) is 1. The Kier molecular flexibility index (Phi) is 7.06. The minimum Gasteiger partial charge on any atom is -0.385 e. The molecular formula is C12H25NO. The van der Waals surface area contributed by atoms with Crippen molar-refractivity contribution in [2.75, 3.05) is 26.8 Å². The quantitative estimate of drug-likeness (QED) is 0.636. The first kappa shape index (κ1) is 12.0. The van der Waals surface area contributed by atoms with Crippen LogP contribution >= 0.6 is 0 Å². The van der Waals surface area contributed by atoms with Gasteiger partial charge in [0, 0.05) is 13.7 Å².